The number of carboxylic acids is 1. The summed E-state index contributed by atoms with van der Waals surface area (Å²) in [6.07, 6.45) is 5.94. The molecule has 3 amide bonds. The largest absolute Gasteiger partial charge is 1.00 e. The van der Waals surface area contributed by atoms with Gasteiger partial charge in [-0.15, -0.1) is 16.9 Å². The number of hydrogen-bond donors (Lipinski definition) is 2. The number of carbonyl (C=O) groups is 4. The van der Waals surface area contributed by atoms with Crippen LogP contribution in [0.5, 0.6) is 0 Å². The standard InChI is InChI=1S/C20H22N6O5S2.Na/c27-13(9-32-14-6-21-24-23-14)22-15-18(29)26-16(20(30)31)12(8-33-19(15)26)5-11-3-4-25(17(11)28)7-10-1-2-10;/h5-6,10,15,19H,1-4,7-9H2,(H,22,27)(H,30,31)(H,21,23,24);/q;+1/p-1/b11-5+;/t15-,19-;/m1./s1. The fraction of sp³-hybridized carbons (Fsp3) is 0.500. The van der Waals surface area contributed by atoms with Crippen LogP contribution in [-0.4, -0.2) is 84.9 Å². The van der Waals surface area contributed by atoms with Crippen molar-refractivity contribution >= 4 is 47.2 Å². The van der Waals surface area contributed by atoms with Crippen molar-refractivity contribution in [2.75, 3.05) is 24.6 Å². The molecule has 1 aromatic heterocycles. The van der Waals surface area contributed by atoms with Gasteiger partial charge in [-0.3, -0.25) is 19.3 Å². The normalized spacial score (nSPS) is 25.2. The Morgan fingerprint density at radius 3 is 2.82 bits per heavy atom. The molecule has 2 atom stereocenters. The van der Waals surface area contributed by atoms with E-state index in [4.69, 9.17) is 0 Å². The van der Waals surface area contributed by atoms with Gasteiger partial charge in [-0.25, -0.2) is 0 Å². The molecule has 3 fully saturated rings. The molecule has 1 saturated carbocycles. The molecule has 0 unspecified atom stereocenters. The maximum Gasteiger partial charge on any atom is 1.00 e. The number of nitrogens with one attached hydrogen (secondary N) is 2. The smallest absolute Gasteiger partial charge is 0.543 e. The summed E-state index contributed by atoms with van der Waals surface area (Å²) in [4.78, 5) is 52.6. The molecule has 2 saturated heterocycles. The zero-order valence-corrected chi connectivity index (χ0v) is 22.1. The summed E-state index contributed by atoms with van der Waals surface area (Å²) >= 11 is 2.52. The fourth-order valence-electron chi connectivity index (χ4n) is 4.16. The summed E-state index contributed by atoms with van der Waals surface area (Å²) in [5.74, 6) is -1.46. The zero-order chi connectivity index (χ0) is 23.1. The Bertz CT molecular complexity index is 1070. The predicted octanol–water partition coefficient (Wildman–Crippen LogP) is -4.13. The first-order valence-corrected chi connectivity index (χ1v) is 12.6. The van der Waals surface area contributed by atoms with E-state index in [2.05, 4.69) is 20.7 Å². The molecule has 5 rings (SSSR count). The SMILES string of the molecule is O=C(CSc1cn[nH]n1)N[C@@H]1C(=O)N2C(C(=O)[O-])=C(/C=C3\CCN(CC4CC4)C3=O)CS[C@H]12.[Na+]. The summed E-state index contributed by atoms with van der Waals surface area (Å²) in [7, 11) is 0. The molecule has 14 heteroatoms. The maximum absolute atomic E-state index is 12.7. The third-order valence-electron chi connectivity index (χ3n) is 5.99. The molecule has 4 heterocycles. The van der Waals surface area contributed by atoms with E-state index < -0.39 is 23.3 Å². The average molecular weight is 513 g/mol. The third-order valence-corrected chi connectivity index (χ3v) is 8.19. The number of nitrogens with zero attached hydrogens (tertiary/aromatic N) is 4. The molecule has 1 aliphatic carbocycles. The van der Waals surface area contributed by atoms with Crippen LogP contribution in [0.4, 0.5) is 0 Å². The number of carboxylic acid groups (broad SMARTS) is 1. The first kappa shape index (κ1) is 25.3. The molecule has 1 aromatic rings. The van der Waals surface area contributed by atoms with Crippen LogP contribution in [0.2, 0.25) is 0 Å². The summed E-state index contributed by atoms with van der Waals surface area (Å²) in [6, 6.07) is -0.814. The second kappa shape index (κ2) is 10.4. The number of amides is 3. The van der Waals surface area contributed by atoms with Crippen LogP contribution in [0.15, 0.2) is 34.1 Å². The molecular weight excluding hydrogens is 491 g/mol. The first-order chi connectivity index (χ1) is 15.9. The van der Waals surface area contributed by atoms with E-state index in [1.54, 1.807) is 6.08 Å². The number of hydrogen-bond acceptors (Lipinski definition) is 9. The van der Waals surface area contributed by atoms with Gasteiger partial charge in [-0.2, -0.15) is 10.3 Å². The van der Waals surface area contributed by atoms with Gasteiger partial charge < -0.3 is 20.1 Å². The molecule has 0 radical (unpaired) electrons. The van der Waals surface area contributed by atoms with Gasteiger partial charge in [0.2, 0.25) is 11.8 Å². The van der Waals surface area contributed by atoms with Gasteiger partial charge in [-0.1, -0.05) is 11.8 Å². The van der Waals surface area contributed by atoms with Crippen LogP contribution >= 0.6 is 23.5 Å². The molecule has 34 heavy (non-hydrogen) atoms. The van der Waals surface area contributed by atoms with Crippen molar-refractivity contribution in [2.45, 2.75) is 35.7 Å². The maximum atomic E-state index is 12.7. The van der Waals surface area contributed by atoms with Crippen molar-refractivity contribution in [1.29, 1.82) is 0 Å². The van der Waals surface area contributed by atoms with E-state index in [1.165, 1.54) is 29.7 Å². The quantitative estimate of drug-likeness (QED) is 0.153. The molecule has 4 aliphatic rings. The Kier molecular flexibility index (Phi) is 7.77. The topological polar surface area (TPSA) is 151 Å². The Morgan fingerprint density at radius 2 is 2.15 bits per heavy atom. The zero-order valence-electron chi connectivity index (χ0n) is 18.5. The predicted molar refractivity (Wildman–Crippen MR) is 116 cm³/mol. The Balaban J connectivity index is 0.00000274. The number of β-lactam (4-membered cyclic amide) rings is 1. The second-order valence-corrected chi connectivity index (χ2v) is 10.4. The van der Waals surface area contributed by atoms with Gasteiger partial charge in [0.1, 0.15) is 16.4 Å². The van der Waals surface area contributed by atoms with Crippen LogP contribution < -0.4 is 40.0 Å². The van der Waals surface area contributed by atoms with E-state index in [-0.39, 0.29) is 52.8 Å². The summed E-state index contributed by atoms with van der Waals surface area (Å²) in [6.45, 7) is 1.38. The Hall–Kier alpha value is -1.80. The molecule has 3 aliphatic heterocycles. The van der Waals surface area contributed by atoms with Crippen LogP contribution in [0.3, 0.4) is 0 Å². The number of aromatic nitrogens is 3. The monoisotopic (exact) mass is 512 g/mol. The molecule has 174 valence electrons. The number of aromatic amines is 1. The van der Waals surface area contributed by atoms with Crippen molar-refractivity contribution in [3.63, 3.8) is 0 Å². The number of allylic oxidation sites excluding steroid dienone is 1. The van der Waals surface area contributed by atoms with Gasteiger partial charge in [-0.05, 0) is 36.8 Å². The molecular formula is C20H21N6NaO5S2. The second-order valence-electron chi connectivity index (χ2n) is 8.33. The number of likely N-dealkylation sites (tertiary alicyclic amines) is 1. The number of aliphatic carboxylic acids is 1. The number of H-pyrrole nitrogens is 1. The summed E-state index contributed by atoms with van der Waals surface area (Å²) in [5.41, 5.74) is 0.742. The minimum Gasteiger partial charge on any atom is -0.543 e. The van der Waals surface area contributed by atoms with Crippen molar-refractivity contribution in [3.8, 4) is 0 Å². The van der Waals surface area contributed by atoms with Crippen LogP contribution in [0.25, 0.3) is 0 Å². The number of thioether (sulfide) groups is 2. The van der Waals surface area contributed by atoms with E-state index in [0.29, 0.717) is 40.8 Å². The van der Waals surface area contributed by atoms with Crippen LogP contribution in [0.1, 0.15) is 19.3 Å². The van der Waals surface area contributed by atoms with Gasteiger partial charge in [0.05, 0.1) is 23.6 Å². The Labute approximate surface area is 225 Å². The minimum atomic E-state index is -1.47. The van der Waals surface area contributed by atoms with Gasteiger partial charge in [0.15, 0.2) is 0 Å². The number of carbonyl (C=O) groups excluding carboxylic acids is 4. The van der Waals surface area contributed by atoms with Crippen molar-refractivity contribution in [3.05, 3.63) is 29.1 Å². The van der Waals surface area contributed by atoms with E-state index >= 15 is 0 Å². The number of rotatable bonds is 8. The van der Waals surface area contributed by atoms with Gasteiger partial charge >= 0.3 is 29.6 Å². The molecule has 0 bridgehead atoms. The van der Waals surface area contributed by atoms with E-state index in [0.717, 1.165) is 24.3 Å². The minimum absolute atomic E-state index is 0. The summed E-state index contributed by atoms with van der Waals surface area (Å²) in [5, 5.41) is 24.6. The van der Waals surface area contributed by atoms with Crippen LogP contribution in [-0.2, 0) is 19.2 Å². The average Bonchev–Trinajstić information content (AvgIpc) is 3.34. The Morgan fingerprint density at radius 1 is 1.35 bits per heavy atom. The van der Waals surface area contributed by atoms with Crippen molar-refractivity contribution < 1.29 is 53.8 Å². The third kappa shape index (κ3) is 5.08. The molecule has 2 N–H and O–H groups in total. The molecule has 0 aromatic carbocycles. The molecule has 0 spiro atoms. The van der Waals surface area contributed by atoms with Gasteiger partial charge in [0, 0.05) is 24.4 Å². The van der Waals surface area contributed by atoms with Crippen molar-refractivity contribution in [2.24, 2.45) is 5.92 Å². The first-order valence-electron chi connectivity index (χ1n) is 10.6. The number of fused-ring (bicyclic) bond motifs is 1. The van der Waals surface area contributed by atoms with E-state index in [1.807, 2.05) is 4.90 Å². The van der Waals surface area contributed by atoms with Crippen LogP contribution in [0, 0.1) is 5.92 Å². The van der Waals surface area contributed by atoms with E-state index in [9.17, 15) is 24.3 Å². The molecule has 11 nitrogen and oxygen atoms in total. The van der Waals surface area contributed by atoms with Crippen molar-refractivity contribution in [1.82, 2.24) is 30.5 Å². The fourth-order valence-corrected chi connectivity index (χ4v) is 6.06. The van der Waals surface area contributed by atoms with Gasteiger partial charge in [0.25, 0.3) is 5.91 Å². The summed E-state index contributed by atoms with van der Waals surface area (Å²) < 4.78 is 0.